The van der Waals surface area contributed by atoms with Gasteiger partial charge in [-0.1, -0.05) is 239 Å². The van der Waals surface area contributed by atoms with Crippen molar-refractivity contribution in [2.24, 2.45) is 5.92 Å². The SMILES string of the molecule is CCCCCCCCCCCCCCCCCCC(CC(=O)OCCCCCCCCCCCC)C(=O)OCCCCCCCCCCCC. The Morgan fingerprint density at radius 2 is 0.600 bits per heavy atom. The van der Waals surface area contributed by atoms with Crippen LogP contribution in [-0.4, -0.2) is 25.2 Å². The Kier molecular flexibility index (Phi) is 41.5. The lowest BCUT2D eigenvalue weighted by molar-refractivity contribution is -0.155. The molecule has 50 heavy (non-hydrogen) atoms. The van der Waals surface area contributed by atoms with Gasteiger partial charge in [0.05, 0.1) is 25.6 Å². The Labute approximate surface area is 314 Å². The van der Waals surface area contributed by atoms with Crippen molar-refractivity contribution in [3.8, 4) is 0 Å². The monoisotopic (exact) mass is 707 g/mol. The van der Waals surface area contributed by atoms with E-state index in [2.05, 4.69) is 20.8 Å². The van der Waals surface area contributed by atoms with Crippen LogP contribution in [0.25, 0.3) is 0 Å². The van der Waals surface area contributed by atoms with Gasteiger partial charge < -0.3 is 9.47 Å². The van der Waals surface area contributed by atoms with Crippen LogP contribution in [0.2, 0.25) is 0 Å². The number of carbonyl (C=O) groups is 2. The van der Waals surface area contributed by atoms with Gasteiger partial charge in [-0.2, -0.15) is 0 Å². The third-order valence-electron chi connectivity index (χ3n) is 10.7. The molecule has 4 nitrogen and oxygen atoms in total. The molecule has 0 aliphatic carbocycles. The second-order valence-corrected chi connectivity index (χ2v) is 15.7. The van der Waals surface area contributed by atoms with Crippen LogP contribution in [0.5, 0.6) is 0 Å². The summed E-state index contributed by atoms with van der Waals surface area (Å²) in [5.41, 5.74) is 0. The maximum absolute atomic E-state index is 13.1. The molecule has 0 spiro atoms. The van der Waals surface area contributed by atoms with E-state index in [9.17, 15) is 9.59 Å². The average molecular weight is 707 g/mol. The molecule has 0 saturated carbocycles. The lowest BCUT2D eigenvalue weighted by Crippen LogP contribution is -2.23. The molecule has 0 N–H and O–H groups in total. The normalized spacial score (nSPS) is 12.0. The number of carbonyl (C=O) groups excluding carboxylic acids is 2. The number of esters is 2. The summed E-state index contributed by atoms with van der Waals surface area (Å²) in [5, 5.41) is 0. The summed E-state index contributed by atoms with van der Waals surface area (Å²) < 4.78 is 11.3. The second kappa shape index (κ2) is 42.4. The summed E-state index contributed by atoms with van der Waals surface area (Å²) in [6.45, 7) is 7.78. The van der Waals surface area contributed by atoms with E-state index in [0.717, 1.165) is 44.9 Å². The van der Waals surface area contributed by atoms with Crippen molar-refractivity contribution in [2.75, 3.05) is 13.2 Å². The van der Waals surface area contributed by atoms with Crippen LogP contribution in [0.1, 0.15) is 265 Å². The van der Waals surface area contributed by atoms with Crippen molar-refractivity contribution in [1.29, 1.82) is 0 Å². The first-order chi connectivity index (χ1) is 24.7. The summed E-state index contributed by atoms with van der Waals surface area (Å²) >= 11 is 0. The zero-order valence-electron chi connectivity index (χ0n) is 34.5. The highest BCUT2D eigenvalue weighted by atomic mass is 16.5. The molecule has 0 aromatic heterocycles. The number of rotatable bonds is 42. The summed E-state index contributed by atoms with van der Waals surface area (Å²) in [4.78, 5) is 25.8. The molecule has 0 radical (unpaired) electrons. The quantitative estimate of drug-likeness (QED) is 0.0468. The minimum Gasteiger partial charge on any atom is -0.466 e. The highest BCUT2D eigenvalue weighted by Crippen LogP contribution is 2.20. The highest BCUT2D eigenvalue weighted by molar-refractivity contribution is 5.79. The van der Waals surface area contributed by atoms with Crippen LogP contribution in [0.3, 0.4) is 0 Å². The Morgan fingerprint density at radius 1 is 0.340 bits per heavy atom. The molecule has 1 unspecified atom stereocenters. The third-order valence-corrected chi connectivity index (χ3v) is 10.7. The molecule has 4 heteroatoms. The predicted molar refractivity (Wildman–Crippen MR) is 218 cm³/mol. The molecule has 0 aliphatic rings. The van der Waals surface area contributed by atoms with Crippen LogP contribution < -0.4 is 0 Å². The van der Waals surface area contributed by atoms with E-state index in [-0.39, 0.29) is 24.3 Å². The van der Waals surface area contributed by atoms with E-state index in [1.54, 1.807) is 0 Å². The van der Waals surface area contributed by atoms with E-state index in [4.69, 9.17) is 9.47 Å². The van der Waals surface area contributed by atoms with Crippen molar-refractivity contribution < 1.29 is 19.1 Å². The maximum Gasteiger partial charge on any atom is 0.309 e. The van der Waals surface area contributed by atoms with Gasteiger partial charge in [0.25, 0.3) is 0 Å². The van der Waals surface area contributed by atoms with Gasteiger partial charge in [0.15, 0.2) is 0 Å². The van der Waals surface area contributed by atoms with Gasteiger partial charge in [0.1, 0.15) is 0 Å². The third kappa shape index (κ3) is 38.2. The van der Waals surface area contributed by atoms with Gasteiger partial charge in [-0.05, 0) is 19.3 Å². The zero-order valence-corrected chi connectivity index (χ0v) is 34.5. The lowest BCUT2D eigenvalue weighted by atomic mass is 9.97. The van der Waals surface area contributed by atoms with Gasteiger partial charge in [-0.25, -0.2) is 0 Å². The van der Waals surface area contributed by atoms with Crippen molar-refractivity contribution in [3.05, 3.63) is 0 Å². The fourth-order valence-corrected chi connectivity index (χ4v) is 7.16. The van der Waals surface area contributed by atoms with Gasteiger partial charge >= 0.3 is 11.9 Å². The van der Waals surface area contributed by atoms with Crippen molar-refractivity contribution in [1.82, 2.24) is 0 Å². The molecule has 1 atom stereocenters. The molecule has 0 fully saturated rings. The summed E-state index contributed by atoms with van der Waals surface area (Å²) in [6.07, 6.45) is 47.6. The predicted octanol–water partition coefficient (Wildman–Crippen LogP) is 15.6. The van der Waals surface area contributed by atoms with E-state index in [1.165, 1.54) is 193 Å². The van der Waals surface area contributed by atoms with Crippen LogP contribution >= 0.6 is 0 Å². The number of hydrogen-bond acceptors (Lipinski definition) is 4. The highest BCUT2D eigenvalue weighted by Gasteiger charge is 2.24. The molecular formula is C46H90O4. The Balaban J connectivity index is 4.19. The van der Waals surface area contributed by atoms with E-state index in [1.807, 2.05) is 0 Å². The van der Waals surface area contributed by atoms with Gasteiger partial charge in [0.2, 0.25) is 0 Å². The van der Waals surface area contributed by atoms with E-state index >= 15 is 0 Å². The number of unbranched alkanes of at least 4 members (excludes halogenated alkanes) is 33. The number of ether oxygens (including phenoxy) is 2. The van der Waals surface area contributed by atoms with Crippen LogP contribution in [-0.2, 0) is 19.1 Å². The second-order valence-electron chi connectivity index (χ2n) is 15.7. The van der Waals surface area contributed by atoms with Gasteiger partial charge in [-0.15, -0.1) is 0 Å². The van der Waals surface area contributed by atoms with Crippen LogP contribution in [0.15, 0.2) is 0 Å². The minimum atomic E-state index is -0.357. The minimum absolute atomic E-state index is 0.174. The van der Waals surface area contributed by atoms with Crippen LogP contribution in [0, 0.1) is 5.92 Å². The molecule has 0 saturated heterocycles. The molecular weight excluding hydrogens is 617 g/mol. The Hall–Kier alpha value is -1.06. The first-order valence-corrected chi connectivity index (χ1v) is 23.0. The molecule has 0 rings (SSSR count). The van der Waals surface area contributed by atoms with Crippen molar-refractivity contribution in [3.63, 3.8) is 0 Å². The smallest absolute Gasteiger partial charge is 0.309 e. The van der Waals surface area contributed by atoms with E-state index < -0.39 is 0 Å². The molecule has 298 valence electrons. The molecule has 0 aromatic rings. The summed E-state index contributed by atoms with van der Waals surface area (Å²) in [6, 6.07) is 0. The Bertz CT molecular complexity index is 677. The first kappa shape index (κ1) is 48.9. The van der Waals surface area contributed by atoms with Gasteiger partial charge in [0, 0.05) is 0 Å². The standard InChI is InChI=1S/C46H90O4/c1-4-7-10-13-16-19-22-23-24-25-26-27-28-31-34-37-40-44(46(48)50-42-39-36-33-30-21-18-15-12-9-6-3)43-45(47)49-41-38-35-32-29-20-17-14-11-8-5-2/h44H,4-43H2,1-3H3. The fraction of sp³-hybridized carbons (Fsp3) is 0.957. The van der Waals surface area contributed by atoms with Crippen molar-refractivity contribution >= 4 is 11.9 Å². The summed E-state index contributed by atoms with van der Waals surface area (Å²) in [5.74, 6) is -0.763. The zero-order chi connectivity index (χ0) is 36.4. The van der Waals surface area contributed by atoms with Crippen LogP contribution in [0.4, 0.5) is 0 Å². The first-order valence-electron chi connectivity index (χ1n) is 23.0. The van der Waals surface area contributed by atoms with Crippen molar-refractivity contribution in [2.45, 2.75) is 265 Å². The fourth-order valence-electron chi connectivity index (χ4n) is 7.16. The maximum atomic E-state index is 13.1. The molecule has 0 aromatic carbocycles. The number of hydrogen-bond donors (Lipinski definition) is 0. The largest absolute Gasteiger partial charge is 0.466 e. The molecule has 0 heterocycles. The lowest BCUT2D eigenvalue weighted by Gasteiger charge is -2.16. The topological polar surface area (TPSA) is 52.6 Å². The average Bonchev–Trinajstić information content (AvgIpc) is 3.12. The van der Waals surface area contributed by atoms with Gasteiger partial charge in [-0.3, -0.25) is 9.59 Å². The molecule has 0 aliphatic heterocycles. The molecule has 0 amide bonds. The Morgan fingerprint density at radius 3 is 0.920 bits per heavy atom. The summed E-state index contributed by atoms with van der Waals surface area (Å²) in [7, 11) is 0. The molecule has 0 bridgehead atoms. The van der Waals surface area contributed by atoms with E-state index in [0.29, 0.717) is 13.2 Å².